The van der Waals surface area contributed by atoms with Gasteiger partial charge in [0, 0.05) is 29.4 Å². The van der Waals surface area contributed by atoms with Crippen molar-refractivity contribution in [2.75, 3.05) is 5.32 Å². The Kier molecular flexibility index (Phi) is 6.23. The predicted octanol–water partition coefficient (Wildman–Crippen LogP) is 4.91. The molecule has 7 nitrogen and oxygen atoms in total. The summed E-state index contributed by atoms with van der Waals surface area (Å²) in [4.78, 5) is 22.5. The van der Waals surface area contributed by atoms with Crippen molar-refractivity contribution in [3.05, 3.63) is 91.5 Å². The highest BCUT2D eigenvalue weighted by atomic mass is 79.9. The summed E-state index contributed by atoms with van der Waals surface area (Å²) in [6.07, 6.45) is 4.53. The molecule has 0 radical (unpaired) electrons. The molecule has 1 N–H and O–H groups in total. The van der Waals surface area contributed by atoms with Gasteiger partial charge in [-0.05, 0) is 39.2 Å². The van der Waals surface area contributed by atoms with Crippen LogP contribution in [0.1, 0.15) is 11.1 Å². The van der Waals surface area contributed by atoms with Gasteiger partial charge in [-0.3, -0.25) is 19.6 Å². The number of nitro benzene ring substituents is 1. The number of carbonyl (C=O) groups is 1. The van der Waals surface area contributed by atoms with Crippen molar-refractivity contribution in [2.24, 2.45) is 0 Å². The van der Waals surface area contributed by atoms with Crippen LogP contribution in [0.2, 0.25) is 5.02 Å². The number of hydrogen-bond donors (Lipinski definition) is 1. The molecule has 1 aromatic heterocycles. The number of anilines is 1. The highest BCUT2D eigenvalue weighted by Gasteiger charge is 2.10. The van der Waals surface area contributed by atoms with E-state index in [0.717, 1.165) is 5.56 Å². The fraction of sp³-hybridized carbons (Fsp3) is 0.0526. The lowest BCUT2D eigenvalue weighted by atomic mass is 10.2. The number of nitro groups is 1. The normalized spacial score (nSPS) is 10.9. The second-order valence-corrected chi connectivity index (χ2v) is 7.05. The van der Waals surface area contributed by atoms with Crippen LogP contribution >= 0.6 is 27.5 Å². The molecule has 0 saturated carbocycles. The second kappa shape index (κ2) is 8.81. The molecule has 0 aliphatic rings. The number of halogens is 2. The van der Waals surface area contributed by atoms with Gasteiger partial charge in [0.05, 0.1) is 15.9 Å². The minimum absolute atomic E-state index is 0.0383. The first-order valence-electron chi connectivity index (χ1n) is 8.12. The van der Waals surface area contributed by atoms with Crippen molar-refractivity contribution in [1.82, 2.24) is 9.78 Å². The molecule has 0 spiro atoms. The number of rotatable bonds is 6. The molecule has 1 amide bonds. The Labute approximate surface area is 173 Å². The third-order valence-corrected chi connectivity index (χ3v) is 4.71. The van der Waals surface area contributed by atoms with Crippen LogP contribution in [0.5, 0.6) is 0 Å². The highest BCUT2D eigenvalue weighted by Crippen LogP contribution is 2.22. The molecule has 0 fully saturated rings. The largest absolute Gasteiger partial charge is 0.305 e. The lowest BCUT2D eigenvalue weighted by Crippen LogP contribution is -2.09. The van der Waals surface area contributed by atoms with E-state index < -0.39 is 10.8 Å². The van der Waals surface area contributed by atoms with Crippen LogP contribution in [0.15, 0.2) is 65.3 Å². The van der Waals surface area contributed by atoms with Gasteiger partial charge in [0.15, 0.2) is 5.82 Å². The fourth-order valence-electron chi connectivity index (χ4n) is 2.44. The average molecular weight is 462 g/mol. The summed E-state index contributed by atoms with van der Waals surface area (Å²) < 4.78 is 2.28. The first-order valence-corrected chi connectivity index (χ1v) is 9.29. The highest BCUT2D eigenvalue weighted by molar-refractivity contribution is 9.10. The van der Waals surface area contributed by atoms with E-state index in [1.807, 2.05) is 18.2 Å². The summed E-state index contributed by atoms with van der Waals surface area (Å²) in [5, 5.41) is 18.4. The summed E-state index contributed by atoms with van der Waals surface area (Å²) in [6, 6.07) is 13.5. The van der Waals surface area contributed by atoms with Crippen molar-refractivity contribution < 1.29 is 9.72 Å². The molecule has 0 saturated heterocycles. The van der Waals surface area contributed by atoms with Gasteiger partial charge < -0.3 is 5.32 Å². The van der Waals surface area contributed by atoms with Crippen molar-refractivity contribution in [1.29, 1.82) is 0 Å². The van der Waals surface area contributed by atoms with Gasteiger partial charge in [0.1, 0.15) is 0 Å². The minimum atomic E-state index is -0.486. The maximum Gasteiger partial charge on any atom is 0.270 e. The van der Waals surface area contributed by atoms with Crippen LogP contribution in [-0.2, 0) is 11.3 Å². The summed E-state index contributed by atoms with van der Waals surface area (Å²) in [5.74, 6) is -0.0454. The average Bonchev–Trinajstić information content (AvgIpc) is 3.01. The molecule has 142 valence electrons. The van der Waals surface area contributed by atoms with Crippen LogP contribution in [0.3, 0.4) is 0 Å². The van der Waals surface area contributed by atoms with Crippen LogP contribution < -0.4 is 5.32 Å². The van der Waals surface area contributed by atoms with E-state index in [4.69, 9.17) is 11.6 Å². The maximum atomic E-state index is 12.2. The summed E-state index contributed by atoms with van der Waals surface area (Å²) in [6.45, 7) is 0.456. The van der Waals surface area contributed by atoms with Crippen LogP contribution in [-0.4, -0.2) is 20.6 Å². The van der Waals surface area contributed by atoms with Crippen molar-refractivity contribution in [3.8, 4) is 0 Å². The van der Waals surface area contributed by atoms with Gasteiger partial charge in [0.25, 0.3) is 5.69 Å². The number of hydrogen-bond acceptors (Lipinski definition) is 4. The third-order valence-electron chi connectivity index (χ3n) is 3.76. The molecule has 2 aromatic carbocycles. The molecule has 3 aromatic rings. The van der Waals surface area contributed by atoms with Gasteiger partial charge in [0.2, 0.25) is 5.91 Å². The van der Waals surface area contributed by atoms with Gasteiger partial charge >= 0.3 is 0 Å². The molecule has 28 heavy (non-hydrogen) atoms. The summed E-state index contributed by atoms with van der Waals surface area (Å²) >= 11 is 9.53. The number of non-ortho nitro benzene ring substituents is 1. The number of aromatic nitrogens is 2. The smallest absolute Gasteiger partial charge is 0.270 e. The second-order valence-electron chi connectivity index (χ2n) is 5.79. The molecule has 0 unspecified atom stereocenters. The molecule has 0 aliphatic carbocycles. The van der Waals surface area contributed by atoms with E-state index in [0.29, 0.717) is 27.4 Å². The first-order chi connectivity index (χ1) is 13.4. The Hall–Kier alpha value is -2.97. The van der Waals surface area contributed by atoms with E-state index in [1.165, 1.54) is 24.3 Å². The van der Waals surface area contributed by atoms with Gasteiger partial charge in [-0.25, -0.2) is 0 Å². The standard InChI is InChI=1S/C19H14BrClN4O3/c20-16-12-24(11-14-5-1-2-7-17(14)21)23-19(16)22-18(26)9-8-13-4-3-6-15(10-13)25(27)28/h1-10,12H,11H2,(H,22,23,26)/b9-8+. The summed E-state index contributed by atoms with van der Waals surface area (Å²) in [5.41, 5.74) is 1.42. The molecule has 0 atom stereocenters. The van der Waals surface area contributed by atoms with Gasteiger partial charge in [-0.2, -0.15) is 5.10 Å². The van der Waals surface area contributed by atoms with E-state index >= 15 is 0 Å². The maximum absolute atomic E-state index is 12.2. The van der Waals surface area contributed by atoms with Crippen LogP contribution in [0.25, 0.3) is 6.08 Å². The zero-order valence-corrected chi connectivity index (χ0v) is 16.7. The van der Waals surface area contributed by atoms with E-state index in [9.17, 15) is 14.9 Å². The monoisotopic (exact) mass is 460 g/mol. The van der Waals surface area contributed by atoms with Crippen LogP contribution in [0, 0.1) is 10.1 Å². The Morgan fingerprint density at radius 2 is 2.07 bits per heavy atom. The number of carbonyl (C=O) groups excluding carboxylic acids is 1. The fourth-order valence-corrected chi connectivity index (χ4v) is 3.05. The van der Waals surface area contributed by atoms with Gasteiger partial charge in [-0.15, -0.1) is 0 Å². The Bertz CT molecular complexity index is 1060. The number of benzene rings is 2. The zero-order chi connectivity index (χ0) is 20.1. The molecular weight excluding hydrogens is 448 g/mol. The molecule has 1 heterocycles. The summed E-state index contributed by atoms with van der Waals surface area (Å²) in [7, 11) is 0. The molecule has 3 rings (SSSR count). The minimum Gasteiger partial charge on any atom is -0.305 e. The SMILES string of the molecule is O=C(/C=C/c1cccc([N+](=O)[O-])c1)Nc1nn(Cc2ccccc2Cl)cc1Br. The first kappa shape index (κ1) is 19.8. The lowest BCUT2D eigenvalue weighted by Gasteiger charge is -2.04. The van der Waals surface area contributed by atoms with Gasteiger partial charge in [-0.1, -0.05) is 41.9 Å². The Morgan fingerprint density at radius 1 is 1.29 bits per heavy atom. The van der Waals surface area contributed by atoms with Crippen LogP contribution in [0.4, 0.5) is 11.5 Å². The van der Waals surface area contributed by atoms with Crippen molar-refractivity contribution in [3.63, 3.8) is 0 Å². The third kappa shape index (κ3) is 5.05. The molecule has 0 aliphatic heterocycles. The zero-order valence-electron chi connectivity index (χ0n) is 14.4. The Morgan fingerprint density at radius 3 is 2.82 bits per heavy atom. The molecule has 0 bridgehead atoms. The number of amides is 1. The molecule has 9 heteroatoms. The number of nitrogens with zero attached hydrogens (tertiary/aromatic N) is 3. The van der Waals surface area contributed by atoms with E-state index in [2.05, 4.69) is 26.3 Å². The predicted molar refractivity (Wildman–Crippen MR) is 111 cm³/mol. The van der Waals surface area contributed by atoms with E-state index in [1.54, 1.807) is 29.1 Å². The molecular formula is C19H14BrClN4O3. The Balaban J connectivity index is 1.67. The van der Waals surface area contributed by atoms with Crippen molar-refractivity contribution >= 4 is 51.0 Å². The quantitative estimate of drug-likeness (QED) is 0.321. The lowest BCUT2D eigenvalue weighted by molar-refractivity contribution is -0.384. The topological polar surface area (TPSA) is 90.1 Å². The van der Waals surface area contributed by atoms with E-state index in [-0.39, 0.29) is 5.69 Å². The number of nitrogens with one attached hydrogen (secondary N) is 1. The van der Waals surface area contributed by atoms with Crippen molar-refractivity contribution in [2.45, 2.75) is 6.54 Å².